The molecule has 1 aliphatic carbocycles. The van der Waals surface area contributed by atoms with Crippen LogP contribution >= 0.6 is 0 Å². The molecule has 0 unspecified atom stereocenters. The number of carboxylic acid groups (broad SMARTS) is 2. The third-order valence-electron chi connectivity index (χ3n) is 8.39. The number of carbonyl (C=O) groups excluding carboxylic acids is 1. The van der Waals surface area contributed by atoms with Gasteiger partial charge in [0.25, 0.3) is 5.91 Å². The SMILES string of the molecule is CN1C(=O)c2c(nn(Cc3ccc(-c4cccc(F)n4)cc3)c2Nc2ccccc2)N2C1=N[C@@H]1CCC[C@@H]12.O=C(O)[C@H](O)[C@@H](O)C(=O)O. The van der Waals surface area contributed by atoms with E-state index in [4.69, 9.17) is 30.5 Å². The topological polar surface area (TPSA) is 194 Å². The molecular weight excluding hydrogens is 625 g/mol. The molecule has 14 nitrogen and oxygen atoms in total. The number of carbonyl (C=O) groups is 3. The van der Waals surface area contributed by atoms with Crippen molar-refractivity contribution in [3.8, 4) is 11.3 Å². The fraction of sp³-hybridized carbons (Fsp3) is 0.273. The minimum atomic E-state index is -2.27. The van der Waals surface area contributed by atoms with Gasteiger partial charge in [0, 0.05) is 18.3 Å². The Balaban J connectivity index is 0.000000351. The number of hydrogen-bond donors (Lipinski definition) is 5. The van der Waals surface area contributed by atoms with E-state index in [1.807, 2.05) is 59.3 Å². The maximum atomic E-state index is 13.7. The van der Waals surface area contributed by atoms with Crippen LogP contribution in [0.5, 0.6) is 0 Å². The number of aromatic nitrogens is 3. The van der Waals surface area contributed by atoms with E-state index in [0.29, 0.717) is 35.4 Å². The van der Waals surface area contributed by atoms with Crippen LogP contribution in [0.1, 0.15) is 35.2 Å². The first-order valence-electron chi connectivity index (χ1n) is 15.1. The molecule has 4 heterocycles. The van der Waals surface area contributed by atoms with Gasteiger partial charge in [-0.05, 0) is 49.1 Å². The predicted octanol–water partition coefficient (Wildman–Crippen LogP) is 2.94. The molecule has 2 aromatic heterocycles. The molecule has 4 aromatic rings. The Bertz CT molecular complexity index is 1860. The Kier molecular flexibility index (Phi) is 8.88. The van der Waals surface area contributed by atoms with Crippen molar-refractivity contribution in [3.63, 3.8) is 0 Å². The lowest BCUT2D eigenvalue weighted by Gasteiger charge is -2.34. The second-order valence-corrected chi connectivity index (χ2v) is 11.5. The Hall–Kier alpha value is -5.67. The van der Waals surface area contributed by atoms with Gasteiger partial charge in [-0.15, -0.1) is 0 Å². The lowest BCUT2D eigenvalue weighted by molar-refractivity contribution is -0.165. The molecule has 7 rings (SSSR count). The van der Waals surface area contributed by atoms with Crippen LogP contribution in [0.3, 0.4) is 0 Å². The molecule has 48 heavy (non-hydrogen) atoms. The molecule has 3 aliphatic rings. The number of pyridine rings is 1. The number of benzene rings is 2. The Morgan fingerprint density at radius 3 is 2.29 bits per heavy atom. The summed E-state index contributed by atoms with van der Waals surface area (Å²) in [7, 11) is 1.79. The highest BCUT2D eigenvalue weighted by Crippen LogP contribution is 2.43. The maximum Gasteiger partial charge on any atom is 0.335 e. The number of fused-ring (bicyclic) bond motifs is 5. The fourth-order valence-electron chi connectivity index (χ4n) is 6.00. The molecule has 0 saturated heterocycles. The summed E-state index contributed by atoms with van der Waals surface area (Å²) < 4.78 is 15.5. The number of halogens is 1. The van der Waals surface area contributed by atoms with Crippen LogP contribution in [0.15, 0.2) is 77.8 Å². The van der Waals surface area contributed by atoms with Crippen LogP contribution in [-0.2, 0) is 16.1 Å². The van der Waals surface area contributed by atoms with E-state index in [-0.39, 0.29) is 18.0 Å². The summed E-state index contributed by atoms with van der Waals surface area (Å²) in [5.74, 6) is -2.15. The zero-order valence-corrected chi connectivity index (χ0v) is 25.6. The van der Waals surface area contributed by atoms with Crippen molar-refractivity contribution in [2.24, 2.45) is 4.99 Å². The zero-order chi connectivity index (χ0) is 34.1. The molecule has 2 aromatic carbocycles. The molecule has 1 amide bonds. The Morgan fingerprint density at radius 2 is 1.65 bits per heavy atom. The summed E-state index contributed by atoms with van der Waals surface area (Å²) in [6.45, 7) is 0.449. The number of aliphatic hydroxyl groups excluding tert-OH is 2. The van der Waals surface area contributed by atoms with Gasteiger partial charge in [0.15, 0.2) is 18.0 Å². The molecule has 248 valence electrons. The predicted molar refractivity (Wildman–Crippen MR) is 171 cm³/mol. The van der Waals surface area contributed by atoms with Gasteiger partial charge in [-0.3, -0.25) is 14.6 Å². The number of nitrogens with one attached hydrogen (secondary N) is 1. The average Bonchev–Trinajstić information content (AvgIpc) is 3.78. The normalized spacial score (nSPS) is 18.9. The molecular formula is C33H32FN7O7. The van der Waals surface area contributed by atoms with E-state index < -0.39 is 30.1 Å². The van der Waals surface area contributed by atoms with Crippen molar-refractivity contribution >= 4 is 41.1 Å². The molecule has 0 radical (unpaired) electrons. The number of carboxylic acids is 2. The highest BCUT2D eigenvalue weighted by Gasteiger charge is 2.49. The monoisotopic (exact) mass is 657 g/mol. The quantitative estimate of drug-likeness (QED) is 0.175. The van der Waals surface area contributed by atoms with Gasteiger partial charge in [-0.2, -0.15) is 9.49 Å². The molecule has 2 aliphatic heterocycles. The van der Waals surface area contributed by atoms with Crippen molar-refractivity contribution in [1.29, 1.82) is 0 Å². The van der Waals surface area contributed by atoms with Gasteiger partial charge in [0.05, 0.1) is 24.3 Å². The van der Waals surface area contributed by atoms with Crippen LogP contribution in [0.25, 0.3) is 11.3 Å². The van der Waals surface area contributed by atoms with Gasteiger partial charge in [0.1, 0.15) is 11.4 Å². The third kappa shape index (κ3) is 6.20. The highest BCUT2D eigenvalue weighted by molar-refractivity contribution is 6.21. The lowest BCUT2D eigenvalue weighted by atomic mass is 10.1. The first kappa shape index (κ1) is 32.3. The van der Waals surface area contributed by atoms with E-state index in [1.165, 1.54) is 6.07 Å². The second kappa shape index (κ2) is 13.2. The summed E-state index contributed by atoms with van der Waals surface area (Å²) in [6, 6.07) is 22.8. The molecule has 0 spiro atoms. The Labute approximate surface area is 273 Å². The van der Waals surface area contributed by atoms with Crippen molar-refractivity contribution in [3.05, 3.63) is 89.9 Å². The van der Waals surface area contributed by atoms with E-state index in [9.17, 15) is 18.8 Å². The van der Waals surface area contributed by atoms with Crippen molar-refractivity contribution in [1.82, 2.24) is 19.7 Å². The number of aliphatic imine (C=N–C) groups is 1. The number of guanidine groups is 1. The molecule has 1 fully saturated rings. The minimum absolute atomic E-state index is 0.118. The van der Waals surface area contributed by atoms with Crippen LogP contribution in [0.2, 0.25) is 0 Å². The van der Waals surface area contributed by atoms with E-state index >= 15 is 0 Å². The van der Waals surface area contributed by atoms with Gasteiger partial charge < -0.3 is 25.7 Å². The standard InChI is InChI=1S/C29H26FN7O.C4H6O6/c1-35-28(38)25-26(31-20-7-3-2-4-8-20)36(34-27(25)37-23-11-5-10-22(23)33-29(35)37)17-18-13-15-19(16-14-18)21-9-6-12-24(30)32-21;5-1(3(7)8)2(6)4(9)10/h2-4,6-9,12-16,22-23,31H,5,10-11,17H2,1H3;1-2,5-6H,(H,7,8)(H,9,10)/t22-,23+;1-,2-/m11/s1. The zero-order valence-electron chi connectivity index (χ0n) is 25.6. The summed E-state index contributed by atoms with van der Waals surface area (Å²) >= 11 is 0. The van der Waals surface area contributed by atoms with E-state index in [2.05, 4.69) is 15.2 Å². The van der Waals surface area contributed by atoms with Crippen LogP contribution in [0, 0.1) is 5.95 Å². The summed E-state index contributed by atoms with van der Waals surface area (Å²) in [4.78, 5) is 45.9. The number of rotatable bonds is 8. The van der Waals surface area contributed by atoms with Gasteiger partial charge in [-0.25, -0.2) is 24.2 Å². The highest BCUT2D eigenvalue weighted by atomic mass is 19.1. The second-order valence-electron chi connectivity index (χ2n) is 11.5. The summed E-state index contributed by atoms with van der Waals surface area (Å²) in [6.07, 6.45) is -1.35. The summed E-state index contributed by atoms with van der Waals surface area (Å²) in [5.41, 5.74) is 3.84. The maximum absolute atomic E-state index is 13.7. The molecule has 5 N–H and O–H groups in total. The van der Waals surface area contributed by atoms with Crippen molar-refractivity contribution in [2.75, 3.05) is 17.3 Å². The number of anilines is 3. The smallest absolute Gasteiger partial charge is 0.335 e. The molecule has 4 atom stereocenters. The number of para-hydroxylation sites is 1. The van der Waals surface area contributed by atoms with Crippen molar-refractivity contribution < 1.29 is 39.2 Å². The lowest BCUT2D eigenvalue weighted by Crippen LogP contribution is -2.51. The largest absolute Gasteiger partial charge is 0.479 e. The third-order valence-corrected chi connectivity index (χ3v) is 8.39. The van der Waals surface area contributed by atoms with E-state index in [0.717, 1.165) is 36.1 Å². The van der Waals surface area contributed by atoms with Crippen LogP contribution in [0.4, 0.5) is 21.7 Å². The van der Waals surface area contributed by atoms with E-state index in [1.54, 1.807) is 24.1 Å². The van der Waals surface area contributed by atoms with Crippen LogP contribution in [-0.4, -0.2) is 95.2 Å². The Morgan fingerprint density at radius 1 is 0.958 bits per heavy atom. The fourth-order valence-corrected chi connectivity index (χ4v) is 6.00. The number of aliphatic carboxylic acids is 2. The van der Waals surface area contributed by atoms with Gasteiger partial charge >= 0.3 is 11.9 Å². The molecule has 1 saturated carbocycles. The number of aliphatic hydroxyl groups is 2. The average molecular weight is 658 g/mol. The van der Waals surface area contributed by atoms with Gasteiger partial charge in [-0.1, -0.05) is 48.5 Å². The number of amides is 1. The van der Waals surface area contributed by atoms with Gasteiger partial charge in [0.2, 0.25) is 11.9 Å². The minimum Gasteiger partial charge on any atom is -0.479 e. The first-order valence-corrected chi connectivity index (χ1v) is 15.1. The molecule has 0 bridgehead atoms. The van der Waals surface area contributed by atoms with Crippen molar-refractivity contribution in [2.45, 2.75) is 50.1 Å². The number of hydrogen-bond acceptors (Lipinski definition) is 10. The van der Waals surface area contributed by atoms with Crippen LogP contribution < -0.4 is 10.2 Å². The molecule has 15 heteroatoms. The summed E-state index contributed by atoms with van der Waals surface area (Å²) in [5, 5.41) is 41.0. The first-order chi connectivity index (χ1) is 23.0. The number of nitrogens with zero attached hydrogens (tertiary/aromatic N) is 6.